The lowest BCUT2D eigenvalue weighted by molar-refractivity contribution is -0.124. The number of hydrogen-bond acceptors (Lipinski definition) is 7. The molecule has 1 aliphatic rings. The van der Waals surface area contributed by atoms with Gasteiger partial charge in [0, 0.05) is 13.1 Å². The van der Waals surface area contributed by atoms with Gasteiger partial charge in [-0.25, -0.2) is 0 Å². The lowest BCUT2D eigenvalue weighted by atomic mass is 10.2. The van der Waals surface area contributed by atoms with Crippen molar-refractivity contribution in [1.29, 1.82) is 0 Å². The van der Waals surface area contributed by atoms with Crippen LogP contribution in [0.3, 0.4) is 0 Å². The molecule has 0 saturated heterocycles. The molecule has 0 atom stereocenters. The summed E-state index contributed by atoms with van der Waals surface area (Å²) >= 11 is 0. The Morgan fingerprint density at radius 1 is 0.719 bits per heavy atom. The van der Waals surface area contributed by atoms with Crippen LogP contribution in [0.1, 0.15) is 5.56 Å². The largest absolute Gasteiger partial charge is 0.482 e. The van der Waals surface area contributed by atoms with Gasteiger partial charge in [0.25, 0.3) is 11.8 Å². The predicted octanol–water partition coefficient (Wildman–Crippen LogP) is 1.30. The molecule has 9 nitrogen and oxygen atoms in total. The van der Waals surface area contributed by atoms with Crippen LogP contribution in [0, 0.1) is 0 Å². The monoisotopic (exact) mass is 444 g/mol. The van der Waals surface area contributed by atoms with Crippen LogP contribution in [-0.4, -0.2) is 64.5 Å². The maximum Gasteiger partial charge on any atom is 0.258 e. The Kier molecular flexibility index (Phi) is 9.63. The quantitative estimate of drug-likeness (QED) is 0.735. The fourth-order valence-electron chi connectivity index (χ4n) is 2.83. The highest BCUT2D eigenvalue weighted by molar-refractivity contribution is 5.78. The molecule has 1 aliphatic heterocycles. The number of hydrogen-bond donors (Lipinski definition) is 2. The lowest BCUT2D eigenvalue weighted by Crippen LogP contribution is -2.32. The summed E-state index contributed by atoms with van der Waals surface area (Å²) in [5.41, 5.74) is 0.953. The zero-order valence-corrected chi connectivity index (χ0v) is 17.8. The molecule has 172 valence electrons. The van der Waals surface area contributed by atoms with Crippen molar-refractivity contribution < 1.29 is 33.3 Å². The van der Waals surface area contributed by atoms with E-state index in [9.17, 15) is 9.59 Å². The minimum Gasteiger partial charge on any atom is -0.482 e. The lowest BCUT2D eigenvalue weighted by Gasteiger charge is -2.17. The molecule has 0 unspecified atom stereocenters. The Labute approximate surface area is 186 Å². The Bertz CT molecular complexity index is 814. The molecular weight excluding hydrogens is 416 g/mol. The van der Waals surface area contributed by atoms with E-state index in [2.05, 4.69) is 10.6 Å². The summed E-state index contributed by atoms with van der Waals surface area (Å²) < 4.78 is 28.1. The smallest absolute Gasteiger partial charge is 0.258 e. The Morgan fingerprint density at radius 3 is 1.84 bits per heavy atom. The van der Waals surface area contributed by atoms with Gasteiger partial charge in [0.15, 0.2) is 24.7 Å². The molecule has 0 spiro atoms. The van der Waals surface area contributed by atoms with Gasteiger partial charge in [-0.15, -0.1) is 0 Å². The molecule has 0 aromatic heterocycles. The molecule has 2 aromatic carbocycles. The molecule has 2 aromatic rings. The van der Waals surface area contributed by atoms with Crippen molar-refractivity contribution in [1.82, 2.24) is 10.6 Å². The maximum absolute atomic E-state index is 12.1. The van der Waals surface area contributed by atoms with Crippen LogP contribution >= 0.6 is 0 Å². The second-order valence-electron chi connectivity index (χ2n) is 6.86. The second kappa shape index (κ2) is 13.2. The van der Waals surface area contributed by atoms with E-state index in [1.54, 1.807) is 18.2 Å². The third-order valence-electron chi connectivity index (χ3n) is 4.40. The van der Waals surface area contributed by atoms with Gasteiger partial charge in [0.2, 0.25) is 5.75 Å². The molecule has 0 radical (unpaired) electrons. The molecular formula is C23H28N2O7. The third-order valence-corrected chi connectivity index (χ3v) is 4.40. The van der Waals surface area contributed by atoms with Crippen LogP contribution in [0.25, 0.3) is 0 Å². The van der Waals surface area contributed by atoms with E-state index in [0.717, 1.165) is 5.56 Å². The molecule has 2 N–H and O–H groups in total. The van der Waals surface area contributed by atoms with E-state index in [-0.39, 0.29) is 31.6 Å². The average molecular weight is 444 g/mol. The maximum atomic E-state index is 12.1. The minimum atomic E-state index is -0.289. The normalized spacial score (nSPS) is 16.8. The Balaban J connectivity index is 1.72. The van der Waals surface area contributed by atoms with Gasteiger partial charge in [-0.3, -0.25) is 9.59 Å². The van der Waals surface area contributed by atoms with Crippen LogP contribution in [0.2, 0.25) is 0 Å². The first kappa shape index (κ1) is 23.4. The van der Waals surface area contributed by atoms with E-state index in [4.69, 9.17) is 23.7 Å². The topological polar surface area (TPSA) is 104 Å². The number of ether oxygens (including phenoxy) is 5. The van der Waals surface area contributed by atoms with Crippen LogP contribution in [0.5, 0.6) is 17.2 Å². The van der Waals surface area contributed by atoms with Gasteiger partial charge < -0.3 is 34.3 Å². The van der Waals surface area contributed by atoms with Gasteiger partial charge in [0.1, 0.15) is 6.61 Å². The van der Waals surface area contributed by atoms with Crippen LogP contribution < -0.4 is 24.8 Å². The van der Waals surface area contributed by atoms with Gasteiger partial charge in [-0.1, -0.05) is 36.4 Å². The summed E-state index contributed by atoms with van der Waals surface area (Å²) in [6.45, 7) is 2.11. The van der Waals surface area contributed by atoms with Crippen LogP contribution in [-0.2, 0) is 25.7 Å². The van der Waals surface area contributed by atoms with E-state index in [1.807, 2.05) is 30.3 Å². The summed E-state index contributed by atoms with van der Waals surface area (Å²) in [6.07, 6.45) is 0. The number of fused-ring (bicyclic) bond motifs is 2. The highest BCUT2D eigenvalue weighted by Gasteiger charge is 2.16. The average Bonchev–Trinajstić information content (AvgIpc) is 2.81. The van der Waals surface area contributed by atoms with Gasteiger partial charge in [0.05, 0.1) is 26.4 Å². The minimum absolute atomic E-state index is 0.200. The summed E-state index contributed by atoms with van der Waals surface area (Å²) in [6, 6.07) is 14.7. The molecule has 1 heterocycles. The fraction of sp³-hybridized carbons (Fsp3) is 0.391. The summed E-state index contributed by atoms with van der Waals surface area (Å²) in [4.78, 5) is 24.2. The third kappa shape index (κ3) is 8.09. The van der Waals surface area contributed by atoms with Gasteiger partial charge in [-0.2, -0.15) is 0 Å². The molecule has 0 saturated carbocycles. The predicted molar refractivity (Wildman–Crippen MR) is 116 cm³/mol. The summed E-state index contributed by atoms with van der Waals surface area (Å²) in [5, 5.41) is 5.46. The first-order valence-electron chi connectivity index (χ1n) is 10.5. The van der Waals surface area contributed by atoms with Crippen molar-refractivity contribution >= 4 is 11.8 Å². The van der Waals surface area contributed by atoms with Crippen LogP contribution in [0.4, 0.5) is 0 Å². The SMILES string of the molecule is O=C1COc2cccc(c2OCc2ccccc2)OCC(=O)NCCOCCOCCN1. The first-order chi connectivity index (χ1) is 15.7. The molecule has 0 aliphatic carbocycles. The number of para-hydroxylation sites is 1. The zero-order valence-electron chi connectivity index (χ0n) is 17.8. The highest BCUT2D eigenvalue weighted by Crippen LogP contribution is 2.37. The van der Waals surface area contributed by atoms with E-state index >= 15 is 0 Å². The zero-order chi connectivity index (χ0) is 22.4. The van der Waals surface area contributed by atoms with Crippen molar-refractivity contribution in [3.8, 4) is 17.2 Å². The van der Waals surface area contributed by atoms with Crippen molar-refractivity contribution in [2.45, 2.75) is 6.61 Å². The summed E-state index contributed by atoms with van der Waals surface area (Å²) in [5.74, 6) is 0.430. The molecule has 9 heteroatoms. The van der Waals surface area contributed by atoms with Gasteiger partial charge in [-0.05, 0) is 17.7 Å². The fourth-order valence-corrected chi connectivity index (χ4v) is 2.83. The number of benzene rings is 2. The molecule has 0 fully saturated rings. The van der Waals surface area contributed by atoms with Crippen molar-refractivity contribution in [2.75, 3.05) is 52.7 Å². The standard InChI is InChI=1S/C23H28N2O7/c26-21-16-30-19-7-4-8-20(23(19)32-15-18-5-2-1-3-6-18)31-17-22(27)25-10-12-29-14-13-28-11-9-24-21/h1-8H,9-17H2,(H,24,26)(H,25,27). The number of nitrogens with one attached hydrogen (secondary N) is 2. The highest BCUT2D eigenvalue weighted by atomic mass is 16.5. The molecule has 2 bridgehead atoms. The van der Waals surface area contributed by atoms with E-state index < -0.39 is 0 Å². The van der Waals surface area contributed by atoms with Gasteiger partial charge >= 0.3 is 0 Å². The molecule has 3 rings (SSSR count). The summed E-state index contributed by atoms with van der Waals surface area (Å²) in [7, 11) is 0. The first-order valence-corrected chi connectivity index (χ1v) is 10.5. The Hall–Kier alpha value is -3.30. The van der Waals surface area contributed by atoms with Crippen molar-refractivity contribution in [2.24, 2.45) is 0 Å². The molecule has 32 heavy (non-hydrogen) atoms. The van der Waals surface area contributed by atoms with Crippen molar-refractivity contribution in [3.63, 3.8) is 0 Å². The number of carbonyl (C=O) groups excluding carboxylic acids is 2. The van der Waals surface area contributed by atoms with E-state index in [0.29, 0.717) is 56.8 Å². The number of amides is 2. The number of carbonyl (C=O) groups is 2. The van der Waals surface area contributed by atoms with Crippen LogP contribution in [0.15, 0.2) is 48.5 Å². The van der Waals surface area contributed by atoms with E-state index in [1.165, 1.54) is 0 Å². The number of rotatable bonds is 3. The molecule has 2 amide bonds. The van der Waals surface area contributed by atoms with Crippen molar-refractivity contribution in [3.05, 3.63) is 54.1 Å². The second-order valence-corrected chi connectivity index (χ2v) is 6.86. The Morgan fingerprint density at radius 2 is 1.28 bits per heavy atom.